The molecule has 6 heteroatoms. The lowest BCUT2D eigenvalue weighted by atomic mass is 10.0. The fourth-order valence-electron chi connectivity index (χ4n) is 4.85. The summed E-state index contributed by atoms with van der Waals surface area (Å²) < 4.78 is 13.3. The molecule has 2 amide bonds. The molecule has 1 N–H and O–H groups in total. The lowest BCUT2D eigenvalue weighted by Crippen LogP contribution is -2.52. The Hall–Kier alpha value is -3.12. The zero-order valence-electron chi connectivity index (χ0n) is 21.4. The third-order valence-electron chi connectivity index (χ3n) is 6.82. The summed E-state index contributed by atoms with van der Waals surface area (Å²) in [5.41, 5.74) is 4.11. The highest BCUT2D eigenvalue weighted by atomic mass is 32.2. The van der Waals surface area contributed by atoms with Crippen molar-refractivity contribution >= 4 is 23.6 Å². The molecule has 1 aliphatic rings. The second-order valence-corrected chi connectivity index (χ2v) is 10.8. The van der Waals surface area contributed by atoms with Gasteiger partial charge >= 0.3 is 0 Å². The molecule has 37 heavy (non-hydrogen) atoms. The van der Waals surface area contributed by atoms with Gasteiger partial charge in [0.1, 0.15) is 11.9 Å². The van der Waals surface area contributed by atoms with E-state index in [4.69, 9.17) is 0 Å². The van der Waals surface area contributed by atoms with E-state index in [0.29, 0.717) is 18.7 Å². The summed E-state index contributed by atoms with van der Waals surface area (Å²) in [7, 11) is 0. The number of amides is 2. The van der Waals surface area contributed by atoms with Gasteiger partial charge in [0.15, 0.2) is 0 Å². The quantitative estimate of drug-likeness (QED) is 0.335. The van der Waals surface area contributed by atoms with E-state index >= 15 is 0 Å². The van der Waals surface area contributed by atoms with Gasteiger partial charge in [0.2, 0.25) is 11.8 Å². The van der Waals surface area contributed by atoms with Crippen molar-refractivity contribution in [3.63, 3.8) is 0 Å². The fourth-order valence-corrected chi connectivity index (χ4v) is 5.72. The second-order valence-electron chi connectivity index (χ2n) is 9.83. The zero-order valence-corrected chi connectivity index (χ0v) is 22.2. The lowest BCUT2D eigenvalue weighted by molar-refractivity contribution is -0.139. The van der Waals surface area contributed by atoms with E-state index < -0.39 is 6.04 Å². The third-order valence-corrected chi connectivity index (χ3v) is 7.80. The molecule has 0 aromatic heterocycles. The third kappa shape index (κ3) is 8.19. The molecule has 0 spiro atoms. The number of rotatable bonds is 11. The number of hydrogen-bond acceptors (Lipinski definition) is 3. The van der Waals surface area contributed by atoms with Crippen molar-refractivity contribution in [1.29, 1.82) is 0 Å². The fraction of sp³-hybridized carbons (Fsp3) is 0.355. The molecule has 3 aromatic rings. The van der Waals surface area contributed by atoms with E-state index in [1.807, 2.05) is 55.5 Å². The minimum atomic E-state index is -0.609. The van der Waals surface area contributed by atoms with Crippen LogP contribution in [0.3, 0.4) is 0 Å². The first kappa shape index (κ1) is 26.9. The minimum Gasteiger partial charge on any atom is -0.352 e. The van der Waals surface area contributed by atoms with Crippen LogP contribution in [-0.2, 0) is 28.3 Å². The van der Waals surface area contributed by atoms with Crippen molar-refractivity contribution in [3.05, 3.63) is 107 Å². The number of aryl methyl sites for hydroxylation is 1. The standard InChI is InChI=1S/C31H35FN2O2S/c1-23-8-7-11-26(18-23)20-34(30(35)22-37-21-25-14-16-27(32)17-15-25)29(19-24-9-3-2-4-10-24)31(36)33-28-12-5-6-13-28/h2-4,7-11,14-18,28-29H,5-6,12-13,19-22H2,1H3,(H,33,36)/t29-/m1/s1. The largest absolute Gasteiger partial charge is 0.352 e. The molecule has 0 heterocycles. The number of hydrogen-bond donors (Lipinski definition) is 1. The van der Waals surface area contributed by atoms with Gasteiger partial charge < -0.3 is 10.2 Å². The number of benzene rings is 3. The molecule has 0 saturated heterocycles. The molecule has 1 fully saturated rings. The van der Waals surface area contributed by atoms with Crippen molar-refractivity contribution in [1.82, 2.24) is 10.2 Å². The number of halogens is 1. The summed E-state index contributed by atoms with van der Waals surface area (Å²) in [6.07, 6.45) is 4.69. The number of nitrogens with one attached hydrogen (secondary N) is 1. The number of carbonyl (C=O) groups excluding carboxylic acids is 2. The van der Waals surface area contributed by atoms with E-state index in [0.717, 1.165) is 47.9 Å². The van der Waals surface area contributed by atoms with Crippen LogP contribution < -0.4 is 5.32 Å². The molecule has 0 bridgehead atoms. The monoisotopic (exact) mass is 518 g/mol. The van der Waals surface area contributed by atoms with E-state index in [1.165, 1.54) is 23.9 Å². The molecule has 4 rings (SSSR count). The average molecular weight is 519 g/mol. The molecular formula is C31H35FN2O2S. The molecule has 0 unspecified atom stereocenters. The molecule has 0 aliphatic heterocycles. The van der Waals surface area contributed by atoms with Crippen molar-refractivity contribution in [2.45, 2.75) is 63.4 Å². The van der Waals surface area contributed by atoms with Gasteiger partial charge in [-0.25, -0.2) is 4.39 Å². The normalized spacial score (nSPS) is 14.3. The van der Waals surface area contributed by atoms with Gasteiger partial charge in [-0.3, -0.25) is 9.59 Å². The summed E-state index contributed by atoms with van der Waals surface area (Å²) >= 11 is 1.49. The SMILES string of the molecule is Cc1cccc(CN(C(=O)CSCc2ccc(F)cc2)[C@H](Cc2ccccc2)C(=O)NC2CCCC2)c1. The molecule has 194 valence electrons. The highest BCUT2D eigenvalue weighted by Crippen LogP contribution is 2.21. The van der Waals surface area contributed by atoms with Gasteiger partial charge in [-0.2, -0.15) is 0 Å². The average Bonchev–Trinajstić information content (AvgIpc) is 3.41. The van der Waals surface area contributed by atoms with E-state index in [9.17, 15) is 14.0 Å². The Balaban J connectivity index is 1.56. The Labute approximate surface area is 223 Å². The van der Waals surface area contributed by atoms with Gasteiger partial charge in [0.25, 0.3) is 0 Å². The predicted octanol–water partition coefficient (Wildman–Crippen LogP) is 6.07. The predicted molar refractivity (Wildman–Crippen MR) is 149 cm³/mol. The van der Waals surface area contributed by atoms with Crippen molar-refractivity contribution in [2.75, 3.05) is 5.75 Å². The molecule has 1 aliphatic carbocycles. The molecule has 3 aromatic carbocycles. The summed E-state index contributed by atoms with van der Waals surface area (Å²) in [5, 5.41) is 3.24. The van der Waals surface area contributed by atoms with E-state index in [-0.39, 0.29) is 29.4 Å². The Kier molecular flexibility index (Phi) is 9.78. The topological polar surface area (TPSA) is 49.4 Å². The number of carbonyl (C=O) groups is 2. The van der Waals surface area contributed by atoms with Crippen LogP contribution in [0.5, 0.6) is 0 Å². The van der Waals surface area contributed by atoms with Crippen LogP contribution in [0, 0.1) is 12.7 Å². The second kappa shape index (κ2) is 13.4. The van der Waals surface area contributed by atoms with E-state index in [1.54, 1.807) is 17.0 Å². The zero-order chi connectivity index (χ0) is 26.0. The van der Waals surface area contributed by atoms with E-state index in [2.05, 4.69) is 11.4 Å². The molecule has 1 atom stereocenters. The Bertz CT molecular complexity index is 1160. The lowest BCUT2D eigenvalue weighted by Gasteiger charge is -2.32. The van der Waals surface area contributed by atoms with Crippen molar-refractivity contribution in [3.8, 4) is 0 Å². The first-order valence-electron chi connectivity index (χ1n) is 13.0. The van der Waals surface area contributed by atoms with Crippen molar-refractivity contribution in [2.24, 2.45) is 0 Å². The summed E-state index contributed by atoms with van der Waals surface area (Å²) in [6.45, 7) is 2.40. The maximum atomic E-state index is 13.7. The van der Waals surface area contributed by atoms with Gasteiger partial charge in [-0.1, -0.05) is 85.1 Å². The Morgan fingerprint density at radius 3 is 2.35 bits per heavy atom. The summed E-state index contributed by atoms with van der Waals surface area (Å²) in [6, 6.07) is 23.9. The van der Waals surface area contributed by atoms with Gasteiger partial charge in [-0.15, -0.1) is 11.8 Å². The van der Waals surface area contributed by atoms with Crippen LogP contribution in [0.25, 0.3) is 0 Å². The maximum Gasteiger partial charge on any atom is 0.243 e. The van der Waals surface area contributed by atoms with Crippen molar-refractivity contribution < 1.29 is 14.0 Å². The molecule has 0 radical (unpaired) electrons. The van der Waals surface area contributed by atoms with Gasteiger partial charge in [0.05, 0.1) is 5.75 Å². The molecule has 1 saturated carbocycles. The van der Waals surface area contributed by atoms with Gasteiger partial charge in [0, 0.05) is 24.8 Å². The first-order valence-corrected chi connectivity index (χ1v) is 14.1. The highest BCUT2D eigenvalue weighted by Gasteiger charge is 2.32. The van der Waals surface area contributed by atoms with Crippen LogP contribution in [0.15, 0.2) is 78.9 Å². The number of thioether (sulfide) groups is 1. The minimum absolute atomic E-state index is 0.0730. The van der Waals surface area contributed by atoms with Crippen LogP contribution in [-0.4, -0.2) is 34.6 Å². The number of nitrogens with zero attached hydrogens (tertiary/aromatic N) is 1. The Morgan fingerprint density at radius 2 is 1.65 bits per heavy atom. The first-order chi connectivity index (χ1) is 18.0. The van der Waals surface area contributed by atoms with Crippen LogP contribution in [0.4, 0.5) is 4.39 Å². The summed E-state index contributed by atoms with van der Waals surface area (Å²) in [4.78, 5) is 29.2. The molecular weight excluding hydrogens is 483 g/mol. The Morgan fingerprint density at radius 1 is 0.946 bits per heavy atom. The van der Waals surface area contributed by atoms with Gasteiger partial charge in [-0.05, 0) is 48.6 Å². The van der Waals surface area contributed by atoms with Crippen LogP contribution >= 0.6 is 11.8 Å². The maximum absolute atomic E-state index is 13.7. The summed E-state index contributed by atoms with van der Waals surface area (Å²) in [5.74, 6) is 0.412. The van der Waals surface area contributed by atoms with Crippen LogP contribution in [0.2, 0.25) is 0 Å². The highest BCUT2D eigenvalue weighted by molar-refractivity contribution is 7.99. The smallest absolute Gasteiger partial charge is 0.243 e. The molecule has 4 nitrogen and oxygen atoms in total. The van der Waals surface area contributed by atoms with Crippen LogP contribution in [0.1, 0.15) is 47.9 Å².